The van der Waals surface area contributed by atoms with Crippen molar-refractivity contribution in [2.45, 2.75) is 64.0 Å². The Balaban J connectivity index is 1.18. The number of carbonyl (C=O) groups excluding carboxylic acids is 2. The van der Waals surface area contributed by atoms with Gasteiger partial charge in [-0.25, -0.2) is 4.98 Å². The molecule has 0 atom stereocenters. The minimum atomic E-state index is -0.272. The maximum Gasteiger partial charge on any atom is 0.274 e. The molecule has 2 aromatic heterocycles. The molecule has 1 aliphatic carbocycles. The standard InChI is InChI=1S/C32H36N6O2/c39-31(36-26-7-1-2-8-26)29-12-11-27(20-35-29)37-32(40)30-28-17-24(10-9-23(28)6-5-13-34-30)25-16-22(18-33-19-25)21-38-14-3-4-15-38/h9-12,16-20,26H,1-8,13-15,21H2,(H,36,39)(H,37,40). The molecule has 2 N–H and O–H groups in total. The maximum absolute atomic E-state index is 13.5. The smallest absolute Gasteiger partial charge is 0.274 e. The molecule has 8 heteroatoms. The summed E-state index contributed by atoms with van der Waals surface area (Å²) in [5, 5.41) is 6.00. The van der Waals surface area contributed by atoms with Gasteiger partial charge in [0.25, 0.3) is 11.8 Å². The molecule has 0 unspecified atom stereocenters. The fourth-order valence-corrected chi connectivity index (χ4v) is 5.99. The van der Waals surface area contributed by atoms with Gasteiger partial charge in [0.2, 0.25) is 0 Å². The van der Waals surface area contributed by atoms with Crippen molar-refractivity contribution in [3.63, 3.8) is 0 Å². The number of aliphatic imine (C=N–C) groups is 1. The number of hydrogen-bond acceptors (Lipinski definition) is 6. The Morgan fingerprint density at radius 1 is 0.875 bits per heavy atom. The van der Waals surface area contributed by atoms with E-state index < -0.39 is 0 Å². The minimum Gasteiger partial charge on any atom is -0.348 e. The fraction of sp³-hybridized carbons (Fsp3) is 0.406. The molecule has 4 heterocycles. The van der Waals surface area contributed by atoms with E-state index in [1.54, 1.807) is 12.1 Å². The first-order chi connectivity index (χ1) is 19.6. The number of aromatic nitrogens is 2. The number of carbonyl (C=O) groups is 2. The highest BCUT2D eigenvalue weighted by Gasteiger charge is 2.22. The van der Waals surface area contributed by atoms with Crippen LogP contribution in [0.25, 0.3) is 11.1 Å². The van der Waals surface area contributed by atoms with E-state index in [4.69, 9.17) is 0 Å². The predicted octanol–water partition coefficient (Wildman–Crippen LogP) is 4.79. The van der Waals surface area contributed by atoms with Crippen LogP contribution in [0.1, 0.15) is 72.1 Å². The Bertz CT molecular complexity index is 1410. The van der Waals surface area contributed by atoms with Crippen LogP contribution < -0.4 is 10.6 Å². The van der Waals surface area contributed by atoms with Gasteiger partial charge in [-0.15, -0.1) is 0 Å². The van der Waals surface area contributed by atoms with Crippen molar-refractivity contribution in [1.29, 1.82) is 0 Å². The zero-order valence-corrected chi connectivity index (χ0v) is 22.9. The Morgan fingerprint density at radius 3 is 2.52 bits per heavy atom. The number of nitrogens with one attached hydrogen (secondary N) is 2. The minimum absolute atomic E-state index is 0.168. The third-order valence-corrected chi connectivity index (χ3v) is 8.13. The van der Waals surface area contributed by atoms with Gasteiger partial charge in [0.15, 0.2) is 0 Å². The Kier molecular flexibility index (Phi) is 7.95. The van der Waals surface area contributed by atoms with Crippen LogP contribution in [0.3, 0.4) is 0 Å². The Morgan fingerprint density at radius 2 is 1.73 bits per heavy atom. The average Bonchev–Trinajstić information content (AvgIpc) is 3.64. The third kappa shape index (κ3) is 6.12. The van der Waals surface area contributed by atoms with Gasteiger partial charge in [-0.05, 0) is 92.6 Å². The molecule has 40 heavy (non-hydrogen) atoms. The SMILES string of the molecule is O=C(Nc1ccc(C(=O)NC2CCCC2)nc1)C1=NCCCc2ccc(-c3cncc(CN4CCCC4)c3)cc21. The van der Waals surface area contributed by atoms with Crippen molar-refractivity contribution < 1.29 is 9.59 Å². The van der Waals surface area contributed by atoms with Crippen LogP contribution in [-0.4, -0.2) is 58.1 Å². The van der Waals surface area contributed by atoms with Gasteiger partial charge >= 0.3 is 0 Å². The number of benzene rings is 1. The number of nitrogens with zero attached hydrogens (tertiary/aromatic N) is 4. The summed E-state index contributed by atoms with van der Waals surface area (Å²) < 4.78 is 0. The molecular formula is C32H36N6O2. The van der Waals surface area contributed by atoms with Crippen LogP contribution in [0.5, 0.6) is 0 Å². The van der Waals surface area contributed by atoms with Crippen molar-refractivity contribution in [1.82, 2.24) is 20.2 Å². The summed E-state index contributed by atoms with van der Waals surface area (Å²) in [6.45, 7) is 3.79. The zero-order valence-electron chi connectivity index (χ0n) is 22.9. The Hall–Kier alpha value is -3.91. The van der Waals surface area contributed by atoms with Crippen molar-refractivity contribution in [2.24, 2.45) is 4.99 Å². The summed E-state index contributed by atoms with van der Waals surface area (Å²) >= 11 is 0. The van der Waals surface area contributed by atoms with Gasteiger partial charge in [-0.1, -0.05) is 25.0 Å². The molecule has 206 valence electrons. The molecule has 1 saturated heterocycles. The largest absolute Gasteiger partial charge is 0.348 e. The van der Waals surface area contributed by atoms with Gasteiger partial charge in [-0.2, -0.15) is 0 Å². The van der Waals surface area contributed by atoms with Gasteiger partial charge < -0.3 is 10.6 Å². The van der Waals surface area contributed by atoms with Crippen LogP contribution in [0, 0.1) is 0 Å². The van der Waals surface area contributed by atoms with Crippen molar-refractivity contribution in [3.8, 4) is 11.1 Å². The number of pyridine rings is 2. The highest BCUT2D eigenvalue weighted by atomic mass is 16.2. The molecule has 0 bridgehead atoms. The monoisotopic (exact) mass is 536 g/mol. The lowest BCUT2D eigenvalue weighted by atomic mass is 9.94. The fourth-order valence-electron chi connectivity index (χ4n) is 5.99. The Labute approximate surface area is 235 Å². The number of rotatable bonds is 7. The van der Waals surface area contributed by atoms with E-state index in [1.165, 1.54) is 24.6 Å². The van der Waals surface area contributed by atoms with Crippen LogP contribution in [0.15, 0.2) is 60.0 Å². The maximum atomic E-state index is 13.5. The molecule has 2 aliphatic heterocycles. The molecule has 0 radical (unpaired) electrons. The first-order valence-electron chi connectivity index (χ1n) is 14.5. The number of aryl methyl sites for hydroxylation is 1. The molecule has 2 amide bonds. The molecule has 3 aromatic rings. The van der Waals surface area contributed by atoms with Crippen LogP contribution in [0.4, 0.5) is 5.69 Å². The first kappa shape index (κ1) is 26.3. The van der Waals surface area contributed by atoms with Crippen molar-refractivity contribution in [3.05, 3.63) is 77.4 Å². The van der Waals surface area contributed by atoms with Crippen molar-refractivity contribution >= 4 is 23.2 Å². The highest BCUT2D eigenvalue weighted by Crippen LogP contribution is 2.27. The summed E-state index contributed by atoms with van der Waals surface area (Å²) in [4.78, 5) is 42.0. The molecular weight excluding hydrogens is 500 g/mol. The summed E-state index contributed by atoms with van der Waals surface area (Å²) in [5.74, 6) is -0.440. The van der Waals surface area contributed by atoms with Gasteiger partial charge in [0.1, 0.15) is 11.4 Å². The summed E-state index contributed by atoms with van der Waals surface area (Å²) in [6.07, 6.45) is 14.0. The summed E-state index contributed by atoms with van der Waals surface area (Å²) in [5.41, 5.74) is 6.56. The quantitative estimate of drug-likeness (QED) is 0.453. The topological polar surface area (TPSA) is 99.6 Å². The van der Waals surface area contributed by atoms with Gasteiger partial charge in [-0.3, -0.25) is 24.5 Å². The van der Waals surface area contributed by atoms with Gasteiger partial charge in [0.05, 0.1) is 11.9 Å². The highest BCUT2D eigenvalue weighted by molar-refractivity contribution is 6.49. The number of fused-ring (bicyclic) bond motifs is 1. The third-order valence-electron chi connectivity index (χ3n) is 8.13. The zero-order chi connectivity index (χ0) is 27.3. The van der Waals surface area contributed by atoms with Crippen LogP contribution in [0.2, 0.25) is 0 Å². The lowest BCUT2D eigenvalue weighted by molar-refractivity contribution is -0.110. The molecule has 8 nitrogen and oxygen atoms in total. The summed E-state index contributed by atoms with van der Waals surface area (Å²) in [7, 11) is 0. The normalized spacial score (nSPS) is 17.6. The van der Waals surface area contributed by atoms with E-state index >= 15 is 0 Å². The molecule has 6 rings (SSSR count). The molecule has 3 aliphatic rings. The number of anilines is 1. The average molecular weight is 537 g/mol. The predicted molar refractivity (Wildman–Crippen MR) is 156 cm³/mol. The number of hydrogen-bond donors (Lipinski definition) is 2. The molecule has 2 fully saturated rings. The first-order valence-corrected chi connectivity index (χ1v) is 14.5. The molecule has 1 aromatic carbocycles. The molecule has 1 saturated carbocycles. The van der Waals surface area contributed by atoms with Crippen molar-refractivity contribution in [2.75, 3.05) is 25.0 Å². The van der Waals surface area contributed by atoms with E-state index in [1.807, 2.05) is 12.4 Å². The number of amides is 2. The van der Waals surface area contributed by atoms with Gasteiger partial charge in [0, 0.05) is 42.7 Å². The van der Waals surface area contributed by atoms with Crippen LogP contribution in [-0.2, 0) is 17.8 Å². The van der Waals surface area contributed by atoms with E-state index in [0.29, 0.717) is 23.6 Å². The second kappa shape index (κ2) is 12.1. The number of likely N-dealkylation sites (tertiary alicyclic amines) is 1. The van der Waals surface area contributed by atoms with E-state index in [0.717, 1.165) is 80.4 Å². The summed E-state index contributed by atoms with van der Waals surface area (Å²) in [6, 6.07) is 12.1. The van der Waals surface area contributed by atoms with E-state index in [-0.39, 0.29) is 17.9 Å². The van der Waals surface area contributed by atoms with Crippen LogP contribution >= 0.6 is 0 Å². The second-order valence-electron chi connectivity index (χ2n) is 11.1. The lowest BCUT2D eigenvalue weighted by Crippen LogP contribution is -2.33. The van der Waals surface area contributed by atoms with E-state index in [9.17, 15) is 9.59 Å². The molecule has 0 spiro atoms. The lowest BCUT2D eigenvalue weighted by Gasteiger charge is -2.15. The van der Waals surface area contributed by atoms with E-state index in [2.05, 4.69) is 54.8 Å². The second-order valence-corrected chi connectivity index (χ2v) is 11.1.